The van der Waals surface area contributed by atoms with Gasteiger partial charge in [0.25, 0.3) is 15.7 Å². The van der Waals surface area contributed by atoms with Crippen molar-refractivity contribution in [3.8, 4) is 5.75 Å². The molecular weight excluding hydrogens is 320 g/mol. The Hall–Kier alpha value is -2.61. The Kier molecular flexibility index (Phi) is 3.69. The summed E-state index contributed by atoms with van der Waals surface area (Å²) in [5, 5.41) is 21.2. The highest BCUT2D eigenvalue weighted by Crippen LogP contribution is 2.39. The number of aryl methyl sites for hydroxylation is 1. The van der Waals surface area contributed by atoms with Gasteiger partial charge in [0.05, 0.1) is 10.6 Å². The van der Waals surface area contributed by atoms with Gasteiger partial charge in [-0.3, -0.25) is 14.4 Å². The van der Waals surface area contributed by atoms with Gasteiger partial charge < -0.3 is 5.11 Å². The number of fused-ring (bicyclic) bond motifs is 1. The first-order valence-corrected chi connectivity index (χ1v) is 8.44. The number of anilines is 1. The predicted molar refractivity (Wildman–Crippen MR) is 84.1 cm³/mol. The zero-order chi connectivity index (χ0) is 16.6. The predicted octanol–water partition coefficient (Wildman–Crippen LogP) is 2.44. The number of rotatable bonds is 3. The second-order valence-electron chi connectivity index (χ2n) is 5.19. The van der Waals surface area contributed by atoms with Crippen LogP contribution in [0.3, 0.4) is 0 Å². The summed E-state index contributed by atoms with van der Waals surface area (Å²) in [7, 11) is -4.14. The van der Waals surface area contributed by atoms with Gasteiger partial charge in [-0.15, -0.1) is 0 Å². The summed E-state index contributed by atoms with van der Waals surface area (Å²) >= 11 is 0. The summed E-state index contributed by atoms with van der Waals surface area (Å²) in [6.07, 6.45) is 1.23. The van der Waals surface area contributed by atoms with Crippen LogP contribution < -0.4 is 4.31 Å². The van der Waals surface area contributed by atoms with Crippen LogP contribution in [0.2, 0.25) is 0 Å². The van der Waals surface area contributed by atoms with Crippen LogP contribution in [0.4, 0.5) is 11.4 Å². The van der Waals surface area contributed by atoms with E-state index in [1.807, 2.05) is 0 Å². The van der Waals surface area contributed by atoms with Gasteiger partial charge in [0, 0.05) is 12.6 Å². The van der Waals surface area contributed by atoms with Crippen LogP contribution in [0.15, 0.2) is 47.4 Å². The van der Waals surface area contributed by atoms with E-state index in [4.69, 9.17) is 0 Å². The summed E-state index contributed by atoms with van der Waals surface area (Å²) in [5.41, 5.74) is 0.436. The van der Waals surface area contributed by atoms with Crippen molar-refractivity contribution in [1.82, 2.24) is 0 Å². The molecule has 0 radical (unpaired) electrons. The fourth-order valence-corrected chi connectivity index (χ4v) is 4.49. The van der Waals surface area contributed by atoms with E-state index in [0.29, 0.717) is 18.4 Å². The number of benzene rings is 2. The summed E-state index contributed by atoms with van der Waals surface area (Å²) < 4.78 is 26.9. The van der Waals surface area contributed by atoms with Crippen LogP contribution in [0, 0.1) is 10.1 Å². The number of hydrogen-bond donors (Lipinski definition) is 1. The molecule has 0 aromatic heterocycles. The maximum absolute atomic E-state index is 12.9. The lowest BCUT2D eigenvalue weighted by molar-refractivity contribution is -0.387. The molecule has 0 bridgehead atoms. The van der Waals surface area contributed by atoms with Crippen molar-refractivity contribution in [3.05, 3.63) is 58.1 Å². The van der Waals surface area contributed by atoms with Crippen LogP contribution in [0.5, 0.6) is 5.75 Å². The van der Waals surface area contributed by atoms with Crippen molar-refractivity contribution in [2.24, 2.45) is 0 Å². The largest absolute Gasteiger partial charge is 0.506 e. The Morgan fingerprint density at radius 3 is 2.61 bits per heavy atom. The molecule has 120 valence electrons. The topological polar surface area (TPSA) is 101 Å². The lowest BCUT2D eigenvalue weighted by Gasteiger charge is -2.30. The Balaban J connectivity index is 2.19. The third-order valence-corrected chi connectivity index (χ3v) is 5.63. The lowest BCUT2D eigenvalue weighted by atomic mass is 10.0. The van der Waals surface area contributed by atoms with E-state index in [2.05, 4.69) is 0 Å². The molecule has 1 N–H and O–H groups in total. The first-order valence-electron chi connectivity index (χ1n) is 7.00. The monoisotopic (exact) mass is 334 g/mol. The molecule has 2 aromatic rings. The van der Waals surface area contributed by atoms with Crippen molar-refractivity contribution in [3.63, 3.8) is 0 Å². The average molecular weight is 334 g/mol. The lowest BCUT2D eigenvalue weighted by Crippen LogP contribution is -2.35. The van der Waals surface area contributed by atoms with Crippen molar-refractivity contribution in [2.45, 2.75) is 17.7 Å². The third-order valence-electron chi connectivity index (χ3n) is 3.79. The number of phenolic OH excluding ortho intramolecular Hbond substituents is 1. The van der Waals surface area contributed by atoms with E-state index in [9.17, 15) is 23.6 Å². The molecule has 0 aliphatic carbocycles. The molecule has 0 saturated heterocycles. The molecule has 0 spiro atoms. The molecule has 0 unspecified atom stereocenters. The molecule has 8 heteroatoms. The van der Waals surface area contributed by atoms with E-state index in [-0.39, 0.29) is 22.9 Å². The van der Waals surface area contributed by atoms with Gasteiger partial charge in [-0.2, -0.15) is 0 Å². The highest BCUT2D eigenvalue weighted by molar-refractivity contribution is 7.93. The van der Waals surface area contributed by atoms with Crippen LogP contribution in [-0.4, -0.2) is 25.0 Å². The molecule has 1 aliphatic heterocycles. The molecule has 23 heavy (non-hydrogen) atoms. The van der Waals surface area contributed by atoms with E-state index in [1.165, 1.54) is 24.3 Å². The second-order valence-corrected chi connectivity index (χ2v) is 7.02. The minimum atomic E-state index is -4.14. The maximum atomic E-state index is 12.9. The van der Waals surface area contributed by atoms with Gasteiger partial charge in [0.1, 0.15) is 5.75 Å². The maximum Gasteiger partial charge on any atom is 0.289 e. The third kappa shape index (κ3) is 2.50. The minimum Gasteiger partial charge on any atom is -0.506 e. The molecule has 0 fully saturated rings. The number of nitrogens with zero attached hydrogens (tertiary/aromatic N) is 2. The average Bonchev–Trinajstić information content (AvgIpc) is 2.54. The highest BCUT2D eigenvalue weighted by Gasteiger charge is 2.35. The fourth-order valence-electron chi connectivity index (χ4n) is 2.78. The molecule has 3 rings (SSSR count). The summed E-state index contributed by atoms with van der Waals surface area (Å²) in [4.78, 5) is 10.0. The molecule has 1 aliphatic rings. The van der Waals surface area contributed by atoms with Crippen LogP contribution in [0.1, 0.15) is 12.0 Å². The zero-order valence-electron chi connectivity index (χ0n) is 12.0. The number of phenols is 1. The van der Waals surface area contributed by atoms with Gasteiger partial charge in [0.15, 0.2) is 4.90 Å². The van der Waals surface area contributed by atoms with Gasteiger partial charge in [-0.25, -0.2) is 8.42 Å². The smallest absolute Gasteiger partial charge is 0.289 e. The standard InChI is InChI=1S/C15H14N2O5S/c18-13-8-3-5-11-6-4-10-16(15(11)13)23(21,22)14-9-2-1-7-12(14)17(19)20/h1-3,5,7-9,18H,4,6,10H2. The number of hydrogen-bond acceptors (Lipinski definition) is 5. The van der Waals surface area contributed by atoms with E-state index in [1.54, 1.807) is 12.1 Å². The van der Waals surface area contributed by atoms with E-state index < -0.39 is 20.6 Å². The van der Waals surface area contributed by atoms with E-state index >= 15 is 0 Å². The molecule has 0 atom stereocenters. The quantitative estimate of drug-likeness (QED) is 0.686. The molecule has 2 aromatic carbocycles. The Labute approximate surface area is 133 Å². The minimum absolute atomic E-state index is 0.149. The zero-order valence-corrected chi connectivity index (χ0v) is 12.9. The Bertz CT molecular complexity index is 879. The van der Waals surface area contributed by atoms with Gasteiger partial charge in [0.2, 0.25) is 0 Å². The van der Waals surface area contributed by atoms with Crippen LogP contribution >= 0.6 is 0 Å². The normalized spacial score (nSPS) is 14.3. The molecular formula is C15H14N2O5S. The molecule has 0 amide bonds. The number of para-hydroxylation sites is 2. The fraction of sp³-hybridized carbons (Fsp3) is 0.200. The van der Waals surface area contributed by atoms with Gasteiger partial charge in [-0.05, 0) is 30.5 Å². The first kappa shape index (κ1) is 15.3. The van der Waals surface area contributed by atoms with Crippen LogP contribution in [0.25, 0.3) is 0 Å². The molecule has 1 heterocycles. The Morgan fingerprint density at radius 2 is 1.87 bits per heavy atom. The highest BCUT2D eigenvalue weighted by atomic mass is 32.2. The van der Waals surface area contributed by atoms with Gasteiger partial charge >= 0.3 is 0 Å². The SMILES string of the molecule is O=[N+]([O-])c1ccccc1S(=O)(=O)N1CCCc2cccc(O)c21. The van der Waals surface area contributed by atoms with E-state index in [0.717, 1.165) is 10.4 Å². The number of nitro groups is 1. The summed E-state index contributed by atoms with van der Waals surface area (Å²) in [6.45, 7) is 0.166. The van der Waals surface area contributed by atoms with Crippen molar-refractivity contribution >= 4 is 21.4 Å². The number of sulfonamides is 1. The summed E-state index contributed by atoms with van der Waals surface area (Å²) in [6, 6.07) is 10.0. The van der Waals surface area contributed by atoms with Gasteiger partial charge in [-0.1, -0.05) is 24.3 Å². The van der Waals surface area contributed by atoms with Crippen molar-refractivity contribution in [1.29, 1.82) is 0 Å². The van der Waals surface area contributed by atoms with Crippen molar-refractivity contribution < 1.29 is 18.4 Å². The molecule has 7 nitrogen and oxygen atoms in total. The number of nitro benzene ring substituents is 1. The second kappa shape index (κ2) is 5.54. The van der Waals surface area contributed by atoms with Crippen LogP contribution in [-0.2, 0) is 16.4 Å². The number of aromatic hydroxyl groups is 1. The summed E-state index contributed by atoms with van der Waals surface area (Å²) in [5.74, 6) is -0.149. The first-order chi connectivity index (χ1) is 10.9. The molecule has 0 saturated carbocycles. The van der Waals surface area contributed by atoms with Crippen molar-refractivity contribution in [2.75, 3.05) is 10.8 Å². The Morgan fingerprint density at radius 1 is 1.13 bits per heavy atom.